The van der Waals surface area contributed by atoms with E-state index in [4.69, 9.17) is 4.74 Å². The Bertz CT molecular complexity index is 876. The smallest absolute Gasteiger partial charge is 0.225 e. The Kier molecular flexibility index (Phi) is 5.41. The van der Waals surface area contributed by atoms with Crippen molar-refractivity contribution in [3.8, 4) is 6.07 Å². The second-order valence-electron chi connectivity index (χ2n) is 6.62. The highest BCUT2D eigenvalue weighted by Gasteiger charge is 2.56. The molecule has 9 nitrogen and oxygen atoms in total. The van der Waals surface area contributed by atoms with Gasteiger partial charge in [0, 0.05) is 6.42 Å². The van der Waals surface area contributed by atoms with E-state index >= 15 is 0 Å². The minimum atomic E-state index is -1.76. The van der Waals surface area contributed by atoms with E-state index in [1.807, 2.05) is 13.0 Å². The number of unbranched alkanes of at least 4 members (excludes halogenated alkanes) is 1. The number of amides is 1. The normalized spacial score (nSPS) is 27.6. The third-order valence-corrected chi connectivity index (χ3v) is 4.87. The fourth-order valence-corrected chi connectivity index (χ4v) is 3.35. The number of fused-ring (bicyclic) bond motifs is 1. The van der Waals surface area contributed by atoms with Gasteiger partial charge in [0.05, 0.1) is 11.8 Å². The summed E-state index contributed by atoms with van der Waals surface area (Å²) in [5.74, 6) is 0.152. The van der Waals surface area contributed by atoms with Gasteiger partial charge in [-0.15, -0.1) is 0 Å². The summed E-state index contributed by atoms with van der Waals surface area (Å²) in [5, 5.41) is 37.4. The number of nitrogens with one attached hydrogen (secondary N) is 1. The number of rotatable bonds is 6. The number of hydrogen-bond donors (Lipinski definition) is 3. The predicted octanol–water partition coefficient (Wildman–Crippen LogP) is 1.11. The van der Waals surface area contributed by atoms with Crippen LogP contribution in [-0.2, 0) is 15.1 Å². The van der Waals surface area contributed by atoms with Gasteiger partial charge in [-0.1, -0.05) is 20.3 Å². The Balaban J connectivity index is 2.01. The molecule has 2 aromatic rings. The number of nitriles is 1. The van der Waals surface area contributed by atoms with Gasteiger partial charge in [-0.05, 0) is 25.0 Å². The van der Waals surface area contributed by atoms with Crippen molar-refractivity contribution < 1.29 is 19.7 Å². The average Bonchev–Trinajstić information content (AvgIpc) is 3.22. The van der Waals surface area contributed by atoms with Crippen LogP contribution in [0.4, 0.5) is 5.82 Å². The lowest BCUT2D eigenvalue weighted by Gasteiger charge is -2.24. The van der Waals surface area contributed by atoms with E-state index in [1.54, 1.807) is 19.1 Å². The monoisotopic (exact) mass is 373 g/mol. The Morgan fingerprint density at radius 3 is 2.85 bits per heavy atom. The lowest BCUT2D eigenvalue weighted by atomic mass is 9.92. The van der Waals surface area contributed by atoms with Crippen molar-refractivity contribution in [1.82, 2.24) is 14.6 Å². The molecule has 1 aliphatic heterocycles. The first-order valence-corrected chi connectivity index (χ1v) is 9.06. The SMILES string of the molecule is CCCCC(=O)Nc1ncnn2c([C@]3(C#N)O[C@H](CC)[C@@H](O)[C@H]3O)ccc12. The summed E-state index contributed by atoms with van der Waals surface area (Å²) in [6.07, 6.45) is 0.480. The van der Waals surface area contributed by atoms with E-state index in [-0.39, 0.29) is 11.6 Å². The van der Waals surface area contributed by atoms with E-state index in [1.165, 1.54) is 10.8 Å². The number of aromatic nitrogens is 3. The first-order valence-electron chi connectivity index (χ1n) is 9.06. The minimum Gasteiger partial charge on any atom is -0.388 e. The summed E-state index contributed by atoms with van der Waals surface area (Å²) in [5.41, 5.74) is -1.02. The van der Waals surface area contributed by atoms with Crippen LogP contribution in [0.25, 0.3) is 5.52 Å². The lowest BCUT2D eigenvalue weighted by Crippen LogP contribution is -2.40. The van der Waals surface area contributed by atoms with Crippen molar-refractivity contribution in [2.45, 2.75) is 63.4 Å². The van der Waals surface area contributed by atoms with Gasteiger partial charge in [0.2, 0.25) is 11.5 Å². The van der Waals surface area contributed by atoms with E-state index in [2.05, 4.69) is 15.4 Å². The molecule has 0 spiro atoms. The van der Waals surface area contributed by atoms with Crippen LogP contribution in [0, 0.1) is 11.3 Å². The van der Waals surface area contributed by atoms with Crippen LogP contribution in [0.2, 0.25) is 0 Å². The quantitative estimate of drug-likeness (QED) is 0.691. The molecule has 1 amide bonds. The molecular weight excluding hydrogens is 350 g/mol. The standard InChI is InChI=1S/C18H23N5O4/c1-3-5-6-14(24)22-17-11-7-8-13(23(11)21-10-20-17)18(9-19)16(26)15(25)12(4-2)27-18/h7-8,10,12,15-16,25-26H,3-6H2,1-2H3,(H,20,21,22,24)/t12-,15-,16-,18+/m1/s1. The highest BCUT2D eigenvalue weighted by atomic mass is 16.6. The van der Waals surface area contributed by atoms with Crippen LogP contribution in [0.1, 0.15) is 45.2 Å². The summed E-state index contributed by atoms with van der Waals surface area (Å²) in [6.45, 7) is 3.80. The number of aliphatic hydroxyl groups excluding tert-OH is 2. The van der Waals surface area contributed by atoms with Crippen molar-refractivity contribution in [2.75, 3.05) is 5.32 Å². The van der Waals surface area contributed by atoms with Crippen molar-refractivity contribution in [3.05, 3.63) is 24.2 Å². The third kappa shape index (κ3) is 3.16. The molecule has 9 heteroatoms. The summed E-state index contributed by atoms with van der Waals surface area (Å²) in [4.78, 5) is 16.2. The largest absolute Gasteiger partial charge is 0.388 e. The van der Waals surface area contributed by atoms with Gasteiger partial charge >= 0.3 is 0 Å². The van der Waals surface area contributed by atoms with E-state index in [0.29, 0.717) is 24.2 Å². The molecule has 3 N–H and O–H groups in total. The predicted molar refractivity (Wildman–Crippen MR) is 95.6 cm³/mol. The van der Waals surface area contributed by atoms with E-state index < -0.39 is 23.9 Å². The van der Waals surface area contributed by atoms with Crippen molar-refractivity contribution in [3.63, 3.8) is 0 Å². The molecule has 3 heterocycles. The van der Waals surface area contributed by atoms with Gasteiger partial charge in [-0.2, -0.15) is 10.4 Å². The molecule has 1 fully saturated rings. The fraction of sp³-hybridized carbons (Fsp3) is 0.556. The summed E-state index contributed by atoms with van der Waals surface area (Å²) in [6, 6.07) is 5.23. The molecule has 3 rings (SSSR count). The Morgan fingerprint density at radius 1 is 1.44 bits per heavy atom. The zero-order valence-corrected chi connectivity index (χ0v) is 15.3. The van der Waals surface area contributed by atoms with Gasteiger partial charge in [0.1, 0.15) is 30.1 Å². The molecule has 2 aromatic heterocycles. The van der Waals surface area contributed by atoms with Crippen LogP contribution in [0.5, 0.6) is 0 Å². The Hall–Kier alpha value is -2.54. The lowest BCUT2D eigenvalue weighted by molar-refractivity contribution is -0.116. The molecule has 1 aliphatic rings. The topological polar surface area (TPSA) is 133 Å². The molecule has 1 saturated heterocycles. The van der Waals surface area contributed by atoms with Gasteiger partial charge < -0.3 is 20.3 Å². The first kappa shape index (κ1) is 19.2. The third-order valence-electron chi connectivity index (χ3n) is 4.87. The number of carbonyl (C=O) groups is 1. The second kappa shape index (κ2) is 7.60. The minimum absolute atomic E-state index is 0.159. The molecule has 0 bridgehead atoms. The number of nitrogens with zero attached hydrogens (tertiary/aromatic N) is 4. The molecule has 0 unspecified atom stereocenters. The molecule has 0 radical (unpaired) electrons. The Morgan fingerprint density at radius 2 is 2.22 bits per heavy atom. The van der Waals surface area contributed by atoms with Gasteiger partial charge in [0.25, 0.3) is 0 Å². The second-order valence-corrected chi connectivity index (χ2v) is 6.62. The number of hydrogen-bond acceptors (Lipinski definition) is 7. The molecular formula is C18H23N5O4. The maximum absolute atomic E-state index is 12.0. The van der Waals surface area contributed by atoms with Crippen molar-refractivity contribution in [1.29, 1.82) is 5.26 Å². The van der Waals surface area contributed by atoms with Crippen molar-refractivity contribution >= 4 is 17.2 Å². The van der Waals surface area contributed by atoms with Crippen molar-refractivity contribution in [2.24, 2.45) is 0 Å². The summed E-state index contributed by atoms with van der Waals surface area (Å²) >= 11 is 0. The fourth-order valence-electron chi connectivity index (χ4n) is 3.35. The van der Waals surface area contributed by atoms with Crippen LogP contribution < -0.4 is 5.32 Å². The molecule has 144 valence electrons. The number of aliphatic hydroxyl groups is 2. The van der Waals surface area contributed by atoms with Gasteiger partial charge in [-0.3, -0.25) is 4.79 Å². The van der Waals surface area contributed by atoms with E-state index in [0.717, 1.165) is 12.8 Å². The zero-order chi connectivity index (χ0) is 19.6. The Labute approximate surface area is 156 Å². The molecule has 0 saturated carbocycles. The highest BCUT2D eigenvalue weighted by molar-refractivity contribution is 5.93. The maximum atomic E-state index is 12.0. The average molecular weight is 373 g/mol. The van der Waals surface area contributed by atoms with Crippen LogP contribution in [0.15, 0.2) is 18.5 Å². The zero-order valence-electron chi connectivity index (χ0n) is 15.3. The van der Waals surface area contributed by atoms with E-state index in [9.17, 15) is 20.3 Å². The summed E-state index contributed by atoms with van der Waals surface area (Å²) in [7, 11) is 0. The van der Waals surface area contributed by atoms with Gasteiger partial charge in [-0.25, -0.2) is 9.50 Å². The van der Waals surface area contributed by atoms with Crippen LogP contribution in [0.3, 0.4) is 0 Å². The highest BCUT2D eigenvalue weighted by Crippen LogP contribution is 2.41. The number of carbonyl (C=O) groups excluding carboxylic acids is 1. The molecule has 4 atom stereocenters. The maximum Gasteiger partial charge on any atom is 0.225 e. The molecule has 27 heavy (non-hydrogen) atoms. The van der Waals surface area contributed by atoms with Crippen LogP contribution in [-0.4, -0.2) is 49.0 Å². The van der Waals surface area contributed by atoms with Crippen LogP contribution >= 0.6 is 0 Å². The first-order chi connectivity index (χ1) is 13.0. The summed E-state index contributed by atoms with van der Waals surface area (Å²) < 4.78 is 7.17. The number of anilines is 1. The molecule has 0 aromatic carbocycles. The number of ether oxygens (including phenoxy) is 1. The molecule has 0 aliphatic carbocycles. The van der Waals surface area contributed by atoms with Gasteiger partial charge in [0.15, 0.2) is 5.82 Å².